The summed E-state index contributed by atoms with van der Waals surface area (Å²) in [4.78, 5) is 22.8. The molecule has 1 saturated carbocycles. The fourth-order valence-corrected chi connectivity index (χ4v) is 2.12. The van der Waals surface area contributed by atoms with Gasteiger partial charge in [-0.15, -0.1) is 6.42 Å². The fraction of sp³-hybridized carbons (Fsp3) is 0.692. The van der Waals surface area contributed by atoms with E-state index in [0.717, 1.165) is 12.8 Å². The van der Waals surface area contributed by atoms with Gasteiger partial charge in [-0.1, -0.05) is 18.8 Å². The van der Waals surface area contributed by atoms with Crippen LogP contribution < -0.4 is 10.6 Å². The lowest BCUT2D eigenvalue weighted by molar-refractivity contribution is -0.143. The molecule has 0 radical (unpaired) electrons. The second-order valence-electron chi connectivity index (χ2n) is 5.20. The number of terminal acetylenes is 1. The summed E-state index contributed by atoms with van der Waals surface area (Å²) in [7, 11) is 0. The van der Waals surface area contributed by atoms with Gasteiger partial charge in [0.15, 0.2) is 0 Å². The van der Waals surface area contributed by atoms with Crippen LogP contribution in [0.15, 0.2) is 0 Å². The van der Waals surface area contributed by atoms with Gasteiger partial charge in [0.25, 0.3) is 0 Å². The quantitative estimate of drug-likeness (QED) is 0.663. The highest BCUT2D eigenvalue weighted by Crippen LogP contribution is 2.24. The molecule has 100 valence electrons. The van der Waals surface area contributed by atoms with Gasteiger partial charge >= 0.3 is 12.0 Å². The van der Waals surface area contributed by atoms with Gasteiger partial charge in [-0.05, 0) is 26.7 Å². The minimum atomic E-state index is -0.851. The summed E-state index contributed by atoms with van der Waals surface area (Å²) in [5, 5.41) is 14.4. The van der Waals surface area contributed by atoms with E-state index in [4.69, 9.17) is 11.5 Å². The molecule has 5 nitrogen and oxygen atoms in total. The Morgan fingerprint density at radius 1 is 1.33 bits per heavy atom. The molecule has 3 N–H and O–H groups in total. The highest BCUT2D eigenvalue weighted by atomic mass is 16.4. The molecule has 0 bridgehead atoms. The van der Waals surface area contributed by atoms with Crippen molar-refractivity contribution in [3.63, 3.8) is 0 Å². The number of carbonyl (C=O) groups is 2. The Labute approximate surface area is 107 Å². The van der Waals surface area contributed by atoms with Gasteiger partial charge in [-0.2, -0.15) is 0 Å². The molecule has 2 unspecified atom stereocenters. The van der Waals surface area contributed by atoms with Gasteiger partial charge in [-0.3, -0.25) is 4.79 Å². The number of hydrogen-bond donors (Lipinski definition) is 3. The zero-order valence-electron chi connectivity index (χ0n) is 10.8. The molecule has 0 aromatic rings. The van der Waals surface area contributed by atoms with Crippen molar-refractivity contribution in [2.45, 2.75) is 51.1 Å². The van der Waals surface area contributed by atoms with Crippen LogP contribution in [0.1, 0.15) is 39.5 Å². The number of urea groups is 1. The number of amides is 2. The standard InChI is InChI=1S/C13H20N2O3/c1-4-13(2,3)15-12(18)14-10-8-6-5-7-9(10)11(16)17/h1,9-10H,5-8H2,2-3H3,(H,16,17)(H2,14,15,18). The minimum absolute atomic E-state index is 0.315. The van der Waals surface area contributed by atoms with Crippen LogP contribution >= 0.6 is 0 Å². The normalized spacial score (nSPS) is 23.8. The third kappa shape index (κ3) is 3.95. The first-order valence-corrected chi connectivity index (χ1v) is 6.15. The lowest BCUT2D eigenvalue weighted by atomic mass is 9.84. The van der Waals surface area contributed by atoms with Crippen molar-refractivity contribution in [3.8, 4) is 12.3 Å². The monoisotopic (exact) mass is 252 g/mol. The molecule has 1 fully saturated rings. The second-order valence-corrected chi connectivity index (χ2v) is 5.20. The Morgan fingerprint density at radius 2 is 1.94 bits per heavy atom. The first-order chi connectivity index (χ1) is 8.35. The molecule has 5 heteroatoms. The lowest BCUT2D eigenvalue weighted by Crippen LogP contribution is -2.53. The fourth-order valence-electron chi connectivity index (χ4n) is 2.12. The minimum Gasteiger partial charge on any atom is -0.481 e. The molecule has 2 amide bonds. The number of carbonyl (C=O) groups excluding carboxylic acids is 1. The molecule has 0 aromatic carbocycles. The Morgan fingerprint density at radius 3 is 2.50 bits per heavy atom. The number of carboxylic acid groups (broad SMARTS) is 1. The van der Waals surface area contributed by atoms with E-state index >= 15 is 0 Å². The lowest BCUT2D eigenvalue weighted by Gasteiger charge is -2.30. The van der Waals surface area contributed by atoms with Crippen molar-refractivity contribution in [2.24, 2.45) is 5.92 Å². The molecular formula is C13H20N2O3. The first-order valence-electron chi connectivity index (χ1n) is 6.15. The van der Waals surface area contributed by atoms with Crippen molar-refractivity contribution in [3.05, 3.63) is 0 Å². The Kier molecular flexibility index (Phi) is 4.60. The van der Waals surface area contributed by atoms with Crippen molar-refractivity contribution in [1.82, 2.24) is 10.6 Å². The van der Waals surface area contributed by atoms with E-state index in [1.165, 1.54) is 0 Å². The first kappa shape index (κ1) is 14.4. The predicted molar refractivity (Wildman–Crippen MR) is 68.0 cm³/mol. The SMILES string of the molecule is C#CC(C)(C)NC(=O)NC1CCCCC1C(=O)O. The van der Waals surface area contributed by atoms with E-state index < -0.39 is 23.5 Å². The Bertz CT molecular complexity index is 371. The number of carboxylic acids is 1. The number of rotatable bonds is 3. The largest absolute Gasteiger partial charge is 0.481 e. The second kappa shape index (κ2) is 5.76. The molecule has 1 rings (SSSR count). The average molecular weight is 252 g/mol. The van der Waals surface area contributed by atoms with Crippen LogP contribution in [0.4, 0.5) is 4.79 Å². The molecule has 0 aromatic heterocycles. The number of hydrogen-bond acceptors (Lipinski definition) is 2. The summed E-state index contributed by atoms with van der Waals surface area (Å²) in [6, 6.07) is -0.721. The van der Waals surface area contributed by atoms with E-state index in [-0.39, 0.29) is 6.04 Å². The van der Waals surface area contributed by atoms with Gasteiger partial charge in [-0.25, -0.2) is 4.79 Å². The smallest absolute Gasteiger partial charge is 0.316 e. The van der Waals surface area contributed by atoms with E-state index in [9.17, 15) is 9.59 Å². The maximum Gasteiger partial charge on any atom is 0.316 e. The zero-order valence-corrected chi connectivity index (χ0v) is 10.8. The van der Waals surface area contributed by atoms with Gasteiger partial charge in [0.05, 0.1) is 11.5 Å². The molecule has 1 aliphatic rings. The summed E-state index contributed by atoms with van der Waals surface area (Å²) in [6.45, 7) is 3.42. The predicted octanol–water partition coefficient (Wildman–Crippen LogP) is 1.34. The molecule has 0 heterocycles. The van der Waals surface area contributed by atoms with E-state index in [0.29, 0.717) is 12.8 Å². The zero-order chi connectivity index (χ0) is 13.8. The number of aliphatic carboxylic acids is 1. The summed E-state index contributed by atoms with van der Waals surface area (Å²) < 4.78 is 0. The van der Waals surface area contributed by atoms with Gasteiger partial charge in [0.2, 0.25) is 0 Å². The van der Waals surface area contributed by atoms with Crippen LogP contribution in [0.3, 0.4) is 0 Å². The molecule has 0 saturated heterocycles. The van der Waals surface area contributed by atoms with Crippen LogP contribution in [0.25, 0.3) is 0 Å². The molecule has 0 aliphatic heterocycles. The van der Waals surface area contributed by atoms with Crippen LogP contribution in [-0.4, -0.2) is 28.7 Å². The molecule has 2 atom stereocenters. The van der Waals surface area contributed by atoms with Crippen molar-refractivity contribution in [2.75, 3.05) is 0 Å². The van der Waals surface area contributed by atoms with E-state index in [1.54, 1.807) is 13.8 Å². The molecule has 1 aliphatic carbocycles. The van der Waals surface area contributed by atoms with Crippen LogP contribution in [0.2, 0.25) is 0 Å². The number of nitrogens with one attached hydrogen (secondary N) is 2. The van der Waals surface area contributed by atoms with E-state index in [1.807, 2.05) is 0 Å². The molecule has 0 spiro atoms. The Balaban J connectivity index is 2.57. The Hall–Kier alpha value is -1.70. The highest BCUT2D eigenvalue weighted by molar-refractivity contribution is 5.77. The topological polar surface area (TPSA) is 78.4 Å². The van der Waals surface area contributed by atoms with Crippen LogP contribution in [-0.2, 0) is 4.79 Å². The van der Waals surface area contributed by atoms with E-state index in [2.05, 4.69) is 16.6 Å². The van der Waals surface area contributed by atoms with Gasteiger partial charge in [0.1, 0.15) is 0 Å². The summed E-state index contributed by atoms with van der Waals surface area (Å²) >= 11 is 0. The van der Waals surface area contributed by atoms with Gasteiger partial charge < -0.3 is 15.7 Å². The highest BCUT2D eigenvalue weighted by Gasteiger charge is 2.32. The van der Waals surface area contributed by atoms with Crippen molar-refractivity contribution >= 4 is 12.0 Å². The van der Waals surface area contributed by atoms with Crippen molar-refractivity contribution in [1.29, 1.82) is 0 Å². The average Bonchev–Trinajstić information content (AvgIpc) is 2.28. The summed E-state index contributed by atoms with van der Waals surface area (Å²) in [5.41, 5.74) is -0.739. The van der Waals surface area contributed by atoms with Crippen molar-refractivity contribution < 1.29 is 14.7 Å². The maximum absolute atomic E-state index is 11.7. The summed E-state index contributed by atoms with van der Waals surface area (Å²) in [5.74, 6) is 1.10. The molecular weight excluding hydrogens is 232 g/mol. The maximum atomic E-state index is 11.7. The van der Waals surface area contributed by atoms with Gasteiger partial charge in [0, 0.05) is 6.04 Å². The molecule has 18 heavy (non-hydrogen) atoms. The third-order valence-electron chi connectivity index (χ3n) is 3.19. The third-order valence-corrected chi connectivity index (χ3v) is 3.19. The summed E-state index contributed by atoms with van der Waals surface area (Å²) in [6.07, 6.45) is 8.42. The van der Waals surface area contributed by atoms with Crippen LogP contribution in [0.5, 0.6) is 0 Å². The van der Waals surface area contributed by atoms with Crippen LogP contribution in [0, 0.1) is 18.3 Å².